The first-order valence-corrected chi connectivity index (χ1v) is 9.07. The third-order valence-corrected chi connectivity index (χ3v) is 4.28. The summed E-state index contributed by atoms with van der Waals surface area (Å²) >= 11 is 0. The second-order valence-electron chi connectivity index (χ2n) is 6.22. The minimum Gasteiger partial charge on any atom is -0.492 e. The molecule has 0 aliphatic heterocycles. The third kappa shape index (κ3) is 6.72. The van der Waals surface area contributed by atoms with Gasteiger partial charge in [0.15, 0.2) is 0 Å². The van der Waals surface area contributed by atoms with E-state index in [2.05, 4.69) is 25.0 Å². The lowest BCUT2D eigenvalue weighted by molar-refractivity contribution is 0.162. The number of hydrogen-bond donors (Lipinski definition) is 2. The van der Waals surface area contributed by atoms with Crippen LogP contribution in [0.1, 0.15) is 18.1 Å². The Morgan fingerprint density at radius 2 is 1.15 bits per heavy atom. The van der Waals surface area contributed by atoms with E-state index in [-0.39, 0.29) is 0 Å². The lowest BCUT2D eigenvalue weighted by atomic mass is 10.2. The third-order valence-electron chi connectivity index (χ3n) is 4.28. The molecule has 0 saturated heterocycles. The molecule has 0 fully saturated rings. The average molecular weight is 367 g/mol. The van der Waals surface area contributed by atoms with Crippen LogP contribution < -0.4 is 11.5 Å². The molecule has 0 radical (unpaired) electrons. The van der Waals surface area contributed by atoms with Crippen LogP contribution in [-0.4, -0.2) is 37.7 Å². The van der Waals surface area contributed by atoms with Crippen LogP contribution in [-0.2, 0) is 9.47 Å². The molecule has 27 heavy (non-hydrogen) atoms. The minimum atomic E-state index is 0.565. The van der Waals surface area contributed by atoms with Crippen molar-refractivity contribution in [1.29, 1.82) is 0 Å². The number of nitrogens with two attached hydrogens (primary N) is 2. The highest BCUT2D eigenvalue weighted by Gasteiger charge is 2.06. The van der Waals surface area contributed by atoms with Gasteiger partial charge in [0.1, 0.15) is 24.7 Å². The SMILES string of the molecule is C=C(OCCN(CC)CCOC(=C)c1ccc(N)cc1)c1ccc(N)cc1. The van der Waals surface area contributed by atoms with Crippen molar-refractivity contribution in [2.24, 2.45) is 0 Å². The topological polar surface area (TPSA) is 73.7 Å². The number of likely N-dealkylation sites (N-methyl/N-ethyl adjacent to an activating group) is 1. The fraction of sp³-hybridized carbons (Fsp3) is 0.273. The number of ether oxygens (including phenoxy) is 2. The quantitative estimate of drug-likeness (QED) is 0.466. The van der Waals surface area contributed by atoms with Gasteiger partial charge in [-0.05, 0) is 55.1 Å². The number of rotatable bonds is 11. The van der Waals surface area contributed by atoms with Crippen molar-refractivity contribution in [1.82, 2.24) is 4.90 Å². The van der Waals surface area contributed by atoms with Gasteiger partial charge >= 0.3 is 0 Å². The van der Waals surface area contributed by atoms with E-state index in [1.807, 2.05) is 48.5 Å². The van der Waals surface area contributed by atoms with Gasteiger partial charge in [0.25, 0.3) is 0 Å². The van der Waals surface area contributed by atoms with Crippen LogP contribution in [0.15, 0.2) is 61.7 Å². The molecule has 5 heteroatoms. The summed E-state index contributed by atoms with van der Waals surface area (Å²) in [5.41, 5.74) is 14.7. The molecule has 5 nitrogen and oxygen atoms in total. The predicted molar refractivity (Wildman–Crippen MR) is 114 cm³/mol. The Kier molecular flexibility index (Phi) is 7.77. The lowest BCUT2D eigenvalue weighted by Gasteiger charge is -2.21. The van der Waals surface area contributed by atoms with Crippen molar-refractivity contribution < 1.29 is 9.47 Å². The van der Waals surface area contributed by atoms with Crippen molar-refractivity contribution in [2.45, 2.75) is 6.92 Å². The van der Waals surface area contributed by atoms with E-state index < -0.39 is 0 Å². The maximum atomic E-state index is 5.76. The first-order chi connectivity index (χ1) is 13.0. The van der Waals surface area contributed by atoms with Crippen molar-refractivity contribution >= 4 is 22.9 Å². The molecule has 0 bridgehead atoms. The maximum absolute atomic E-state index is 5.76. The van der Waals surface area contributed by atoms with Crippen molar-refractivity contribution in [3.63, 3.8) is 0 Å². The summed E-state index contributed by atoms with van der Waals surface area (Å²) in [6.07, 6.45) is 0. The molecular formula is C22H29N3O2. The summed E-state index contributed by atoms with van der Waals surface area (Å²) in [5, 5.41) is 0. The zero-order chi connectivity index (χ0) is 19.6. The van der Waals surface area contributed by atoms with Gasteiger partial charge in [-0.25, -0.2) is 0 Å². The highest BCUT2D eigenvalue weighted by atomic mass is 16.5. The van der Waals surface area contributed by atoms with Gasteiger partial charge in [0.2, 0.25) is 0 Å². The Hall–Kier alpha value is -2.92. The van der Waals surface area contributed by atoms with Gasteiger partial charge in [0.05, 0.1) is 0 Å². The first kappa shape index (κ1) is 20.4. The molecule has 0 unspecified atom stereocenters. The molecule has 2 aromatic rings. The molecule has 2 rings (SSSR count). The normalized spacial score (nSPS) is 10.6. The molecule has 0 aromatic heterocycles. The second-order valence-corrected chi connectivity index (χ2v) is 6.22. The van der Waals surface area contributed by atoms with Crippen LogP contribution in [0.2, 0.25) is 0 Å². The van der Waals surface area contributed by atoms with Crippen LogP contribution in [0.25, 0.3) is 11.5 Å². The number of hydrogen-bond acceptors (Lipinski definition) is 5. The van der Waals surface area contributed by atoms with Crippen molar-refractivity contribution in [3.8, 4) is 0 Å². The van der Waals surface area contributed by atoms with E-state index in [0.29, 0.717) is 24.7 Å². The number of anilines is 2. The lowest BCUT2D eigenvalue weighted by Crippen LogP contribution is -2.30. The van der Waals surface area contributed by atoms with Crippen molar-refractivity contribution in [2.75, 3.05) is 44.3 Å². The van der Waals surface area contributed by atoms with Gasteiger partial charge < -0.3 is 20.9 Å². The molecular weight excluding hydrogens is 338 g/mol. The highest BCUT2D eigenvalue weighted by Crippen LogP contribution is 2.16. The summed E-state index contributed by atoms with van der Waals surface area (Å²) < 4.78 is 11.5. The summed E-state index contributed by atoms with van der Waals surface area (Å²) in [5.74, 6) is 1.30. The maximum Gasteiger partial charge on any atom is 0.119 e. The molecule has 0 spiro atoms. The summed E-state index contributed by atoms with van der Waals surface area (Å²) in [4.78, 5) is 2.26. The summed E-state index contributed by atoms with van der Waals surface area (Å²) in [7, 11) is 0. The molecule has 0 amide bonds. The Labute approximate surface area is 161 Å². The molecule has 0 saturated carbocycles. The van der Waals surface area contributed by atoms with Crippen LogP contribution in [0.4, 0.5) is 11.4 Å². The standard InChI is InChI=1S/C22H29N3O2/c1-4-25(13-15-26-17(2)19-5-9-21(23)10-6-19)14-16-27-18(3)20-7-11-22(24)12-8-20/h5-12H,2-4,13-16,23-24H2,1H3. The molecule has 2 aromatic carbocycles. The van der Waals surface area contributed by atoms with Gasteiger partial charge in [-0.1, -0.05) is 20.1 Å². The molecule has 144 valence electrons. The van der Waals surface area contributed by atoms with Gasteiger partial charge in [-0.15, -0.1) is 0 Å². The van der Waals surface area contributed by atoms with Crippen LogP contribution in [0.5, 0.6) is 0 Å². The Morgan fingerprint density at radius 3 is 1.48 bits per heavy atom. The molecule has 0 aliphatic rings. The van der Waals surface area contributed by atoms with Gasteiger partial charge in [0, 0.05) is 35.6 Å². The smallest absolute Gasteiger partial charge is 0.119 e. The van der Waals surface area contributed by atoms with Gasteiger partial charge in [-0.3, -0.25) is 4.90 Å². The highest BCUT2D eigenvalue weighted by molar-refractivity contribution is 5.60. The molecule has 4 N–H and O–H groups in total. The zero-order valence-electron chi connectivity index (χ0n) is 16.0. The monoisotopic (exact) mass is 367 g/mol. The first-order valence-electron chi connectivity index (χ1n) is 9.07. The Morgan fingerprint density at radius 1 is 0.778 bits per heavy atom. The minimum absolute atomic E-state index is 0.565. The number of benzene rings is 2. The number of nitrogens with zero attached hydrogens (tertiary/aromatic N) is 1. The fourth-order valence-electron chi connectivity index (χ4n) is 2.53. The largest absolute Gasteiger partial charge is 0.492 e. The average Bonchev–Trinajstić information content (AvgIpc) is 2.67. The van der Waals surface area contributed by atoms with E-state index >= 15 is 0 Å². The Bertz CT molecular complexity index is 676. The fourth-order valence-corrected chi connectivity index (χ4v) is 2.53. The zero-order valence-corrected chi connectivity index (χ0v) is 16.0. The molecule has 0 aliphatic carbocycles. The van der Waals surface area contributed by atoms with E-state index in [0.717, 1.165) is 42.1 Å². The van der Waals surface area contributed by atoms with E-state index in [1.54, 1.807) is 0 Å². The Balaban J connectivity index is 1.69. The number of nitrogen functional groups attached to an aromatic ring is 2. The van der Waals surface area contributed by atoms with Crippen molar-refractivity contribution in [3.05, 3.63) is 72.8 Å². The van der Waals surface area contributed by atoms with Crippen LogP contribution >= 0.6 is 0 Å². The molecule has 0 atom stereocenters. The van der Waals surface area contributed by atoms with E-state index in [4.69, 9.17) is 20.9 Å². The summed E-state index contributed by atoms with van der Waals surface area (Å²) in [6, 6.07) is 15.0. The van der Waals surface area contributed by atoms with E-state index in [9.17, 15) is 0 Å². The van der Waals surface area contributed by atoms with Gasteiger partial charge in [-0.2, -0.15) is 0 Å². The van der Waals surface area contributed by atoms with E-state index in [1.165, 1.54) is 0 Å². The van der Waals surface area contributed by atoms with Crippen LogP contribution in [0, 0.1) is 0 Å². The summed E-state index contributed by atoms with van der Waals surface area (Å²) in [6.45, 7) is 13.7. The van der Waals surface area contributed by atoms with Crippen LogP contribution in [0.3, 0.4) is 0 Å². The predicted octanol–water partition coefficient (Wildman–Crippen LogP) is 3.85. The second kappa shape index (κ2) is 10.3. The molecule has 0 heterocycles.